The van der Waals surface area contributed by atoms with Gasteiger partial charge in [0.25, 0.3) is 15.9 Å². The van der Waals surface area contributed by atoms with Gasteiger partial charge in [-0.15, -0.1) is 11.3 Å². The quantitative estimate of drug-likeness (QED) is 0.385. The highest BCUT2D eigenvalue weighted by Gasteiger charge is 2.35. The summed E-state index contributed by atoms with van der Waals surface area (Å²) in [6.45, 7) is 2.35. The molecule has 1 aromatic heterocycles. The van der Waals surface area contributed by atoms with E-state index >= 15 is 0 Å². The predicted molar refractivity (Wildman–Crippen MR) is 162 cm³/mol. The standard InChI is InChI=1S/C30H33ClN4O5S2/c1-34-16-20-5-6-21(20)17-35-11-3-2-4-19-12-23(31)8-7-22(19)18-40-27-10-9-25(14-26(27)35)42(38,39)33-28(36)13-24-15-32-29(41-24)30(34)37/h7-10,12,14-15,20-21H,2-6,11,13,16-18H2,1H3,(H,33,36)/t20-,21-/m0/s1. The van der Waals surface area contributed by atoms with Gasteiger partial charge in [-0.05, 0) is 85.4 Å². The van der Waals surface area contributed by atoms with E-state index < -0.39 is 15.9 Å². The van der Waals surface area contributed by atoms with E-state index in [1.165, 1.54) is 12.3 Å². The highest BCUT2D eigenvalue weighted by atomic mass is 35.5. The highest BCUT2D eigenvalue weighted by molar-refractivity contribution is 7.90. The Hall–Kier alpha value is -3.15. The fourth-order valence-electron chi connectivity index (χ4n) is 5.98. The van der Waals surface area contributed by atoms with Crippen LogP contribution in [0.15, 0.2) is 47.5 Å². The Morgan fingerprint density at radius 1 is 1.05 bits per heavy atom. The van der Waals surface area contributed by atoms with E-state index in [4.69, 9.17) is 16.3 Å². The smallest absolute Gasteiger partial charge is 0.282 e. The first kappa shape index (κ1) is 28.9. The summed E-state index contributed by atoms with van der Waals surface area (Å²) in [5, 5.41) is 0.989. The second kappa shape index (κ2) is 11.9. The van der Waals surface area contributed by atoms with Crippen LogP contribution in [0, 0.1) is 11.8 Å². The van der Waals surface area contributed by atoms with Crippen LogP contribution in [0.2, 0.25) is 5.02 Å². The molecule has 0 radical (unpaired) electrons. The van der Waals surface area contributed by atoms with Crippen LogP contribution in [0.3, 0.4) is 0 Å². The minimum absolute atomic E-state index is 0.000338. The zero-order valence-corrected chi connectivity index (χ0v) is 25.7. The average Bonchev–Trinajstić information content (AvgIpc) is 3.40. The van der Waals surface area contributed by atoms with E-state index in [1.807, 2.05) is 18.2 Å². The minimum atomic E-state index is -4.16. The molecule has 1 N–H and O–H groups in total. The number of amides is 2. The molecular formula is C30H33ClN4O5S2. The summed E-state index contributed by atoms with van der Waals surface area (Å²) in [7, 11) is -2.37. The second-order valence-corrected chi connectivity index (χ2v) is 14.6. The maximum absolute atomic E-state index is 13.4. The molecule has 3 aromatic rings. The summed E-state index contributed by atoms with van der Waals surface area (Å²) in [4.78, 5) is 34.6. The number of ether oxygens (including phenoxy) is 1. The van der Waals surface area contributed by atoms with Gasteiger partial charge in [0, 0.05) is 42.8 Å². The van der Waals surface area contributed by atoms with Crippen molar-refractivity contribution in [2.45, 2.75) is 50.0 Å². The number of sulfonamides is 1. The number of nitrogens with zero attached hydrogens (tertiary/aromatic N) is 3. The molecule has 2 atom stereocenters. The van der Waals surface area contributed by atoms with Gasteiger partial charge in [-0.3, -0.25) is 9.59 Å². The summed E-state index contributed by atoms with van der Waals surface area (Å²) < 4.78 is 35.3. The molecule has 1 aliphatic carbocycles. The van der Waals surface area contributed by atoms with E-state index in [9.17, 15) is 18.0 Å². The number of halogens is 1. The first-order chi connectivity index (χ1) is 20.2. The van der Waals surface area contributed by atoms with Gasteiger partial charge in [0.05, 0.1) is 17.0 Å². The zero-order chi connectivity index (χ0) is 29.4. The van der Waals surface area contributed by atoms with Crippen molar-refractivity contribution in [2.75, 3.05) is 31.6 Å². The molecule has 0 spiro atoms. The third-order valence-corrected chi connectivity index (χ3v) is 11.1. The van der Waals surface area contributed by atoms with Crippen molar-refractivity contribution in [3.8, 4) is 5.75 Å². The highest BCUT2D eigenvalue weighted by Crippen LogP contribution is 2.40. The van der Waals surface area contributed by atoms with Crippen LogP contribution in [0.5, 0.6) is 5.75 Å². The SMILES string of the molecule is CN1C[C@@H]2CC[C@H]2CN2CCCCc3cc(Cl)ccc3COc3ccc(cc32)S(=O)(=O)NC(=O)Cc2cnc(s2)C1=O. The van der Waals surface area contributed by atoms with Crippen LogP contribution in [0.1, 0.15) is 51.5 Å². The number of nitrogens with one attached hydrogen (secondary N) is 1. The molecule has 42 heavy (non-hydrogen) atoms. The molecule has 222 valence electrons. The molecule has 12 heteroatoms. The number of hydrogen-bond acceptors (Lipinski definition) is 8. The lowest BCUT2D eigenvalue weighted by atomic mass is 9.73. The topological polar surface area (TPSA) is 109 Å². The van der Waals surface area contributed by atoms with Crippen LogP contribution in [0.4, 0.5) is 5.69 Å². The maximum atomic E-state index is 13.4. The minimum Gasteiger partial charge on any atom is -0.487 e. The lowest BCUT2D eigenvalue weighted by molar-refractivity contribution is -0.118. The molecule has 6 rings (SSSR count). The van der Waals surface area contributed by atoms with Crippen molar-refractivity contribution in [1.29, 1.82) is 0 Å². The van der Waals surface area contributed by atoms with Crippen LogP contribution < -0.4 is 14.4 Å². The number of hydrogen-bond donors (Lipinski definition) is 1. The Bertz CT molecular complexity index is 1630. The molecule has 1 fully saturated rings. The number of thiazole rings is 1. The summed E-state index contributed by atoms with van der Waals surface area (Å²) in [6, 6.07) is 10.6. The molecule has 1 saturated carbocycles. The molecule has 4 bridgehead atoms. The van der Waals surface area contributed by atoms with Crippen molar-refractivity contribution < 1.29 is 22.7 Å². The number of aryl methyl sites for hydroxylation is 1. The van der Waals surface area contributed by atoms with Crippen LogP contribution in [-0.4, -0.2) is 56.8 Å². The lowest BCUT2D eigenvalue weighted by Crippen LogP contribution is -2.44. The fourth-order valence-corrected chi connectivity index (χ4v) is 8.08. The van der Waals surface area contributed by atoms with Gasteiger partial charge in [0.15, 0.2) is 5.01 Å². The summed E-state index contributed by atoms with van der Waals surface area (Å²) in [5.74, 6) is 0.357. The Kier molecular flexibility index (Phi) is 8.17. The lowest BCUT2D eigenvalue weighted by Gasteiger charge is -2.42. The summed E-state index contributed by atoms with van der Waals surface area (Å²) >= 11 is 7.42. The van der Waals surface area contributed by atoms with Crippen LogP contribution in [-0.2, 0) is 34.3 Å². The molecule has 2 aliphatic heterocycles. The molecule has 2 amide bonds. The van der Waals surface area contributed by atoms with Gasteiger partial charge in [0.2, 0.25) is 5.91 Å². The number of benzene rings is 2. The van der Waals surface area contributed by atoms with Gasteiger partial charge in [-0.1, -0.05) is 17.7 Å². The molecule has 2 aromatic carbocycles. The Morgan fingerprint density at radius 2 is 1.86 bits per heavy atom. The Morgan fingerprint density at radius 3 is 2.67 bits per heavy atom. The molecule has 3 aliphatic rings. The monoisotopic (exact) mass is 628 g/mol. The number of fused-ring (bicyclic) bond motifs is 5. The number of aromatic nitrogens is 1. The maximum Gasteiger partial charge on any atom is 0.282 e. The van der Waals surface area contributed by atoms with Crippen molar-refractivity contribution in [3.05, 3.63) is 68.6 Å². The van der Waals surface area contributed by atoms with Crippen molar-refractivity contribution in [1.82, 2.24) is 14.6 Å². The number of anilines is 1. The van der Waals surface area contributed by atoms with Gasteiger partial charge in [-0.25, -0.2) is 18.1 Å². The van der Waals surface area contributed by atoms with E-state index in [0.717, 1.165) is 54.6 Å². The van der Waals surface area contributed by atoms with Crippen molar-refractivity contribution >= 4 is 50.5 Å². The molecule has 0 unspecified atom stereocenters. The number of carbonyl (C=O) groups is 2. The largest absolute Gasteiger partial charge is 0.487 e. The summed E-state index contributed by atoms with van der Waals surface area (Å²) in [6.07, 6.45) is 6.02. The van der Waals surface area contributed by atoms with E-state index in [2.05, 4.69) is 14.6 Å². The second-order valence-electron chi connectivity index (χ2n) is 11.4. The Labute approximate surface area is 254 Å². The average molecular weight is 629 g/mol. The van der Waals surface area contributed by atoms with Crippen LogP contribution >= 0.6 is 22.9 Å². The van der Waals surface area contributed by atoms with E-state index in [0.29, 0.717) is 64.4 Å². The number of carbonyl (C=O) groups excluding carboxylic acids is 2. The van der Waals surface area contributed by atoms with Gasteiger partial charge in [0.1, 0.15) is 12.4 Å². The first-order valence-electron chi connectivity index (χ1n) is 14.2. The van der Waals surface area contributed by atoms with E-state index in [1.54, 1.807) is 24.1 Å². The fraction of sp³-hybridized carbons (Fsp3) is 0.433. The van der Waals surface area contributed by atoms with Crippen molar-refractivity contribution in [2.24, 2.45) is 11.8 Å². The third-order valence-electron chi connectivity index (χ3n) is 8.46. The predicted octanol–water partition coefficient (Wildman–Crippen LogP) is 4.68. The van der Waals surface area contributed by atoms with Gasteiger partial charge >= 0.3 is 0 Å². The molecule has 0 saturated heterocycles. The first-order valence-corrected chi connectivity index (χ1v) is 16.9. The normalized spacial score (nSPS) is 22.8. The van der Waals surface area contributed by atoms with Crippen molar-refractivity contribution in [3.63, 3.8) is 0 Å². The third kappa shape index (κ3) is 6.14. The van der Waals surface area contributed by atoms with Gasteiger partial charge < -0.3 is 14.5 Å². The summed E-state index contributed by atoms with van der Waals surface area (Å²) in [5.41, 5.74) is 2.89. The van der Waals surface area contributed by atoms with Crippen LogP contribution in [0.25, 0.3) is 0 Å². The molecule has 3 heterocycles. The zero-order valence-electron chi connectivity index (χ0n) is 23.3. The Balaban J connectivity index is 1.38. The number of rotatable bonds is 0. The molecule has 9 nitrogen and oxygen atoms in total. The van der Waals surface area contributed by atoms with Gasteiger partial charge in [-0.2, -0.15) is 0 Å². The van der Waals surface area contributed by atoms with E-state index in [-0.39, 0.29) is 17.2 Å². The molecular weight excluding hydrogens is 596 g/mol.